The van der Waals surface area contributed by atoms with Crippen molar-refractivity contribution in [2.45, 2.75) is 12.5 Å². The quantitative estimate of drug-likeness (QED) is 0.897. The molecule has 1 aromatic rings. The molecule has 1 atom stereocenters. The summed E-state index contributed by atoms with van der Waals surface area (Å²) in [5.41, 5.74) is 1.23. The van der Waals surface area contributed by atoms with E-state index < -0.39 is 12.0 Å². The molecule has 0 aromatic heterocycles. The molecule has 1 aliphatic rings. The lowest BCUT2D eigenvalue weighted by atomic mass is 10.0. The normalized spacial score (nSPS) is 16.4. The van der Waals surface area contributed by atoms with Crippen molar-refractivity contribution in [3.8, 4) is 5.75 Å². The zero-order chi connectivity index (χ0) is 14.9. The summed E-state index contributed by atoms with van der Waals surface area (Å²) in [5.74, 6) is -0.374. The number of fused-ring (bicyclic) bond motifs is 1. The molecule has 0 saturated carbocycles. The molecular weight excluding hydrogens is 260 g/mol. The highest BCUT2D eigenvalue weighted by molar-refractivity contribution is 5.95. The summed E-state index contributed by atoms with van der Waals surface area (Å²) in [6.07, 6.45) is 0.316. The molecular formula is C14H18N2O4. The molecule has 0 fully saturated rings. The third-order valence-electron chi connectivity index (χ3n) is 3.36. The summed E-state index contributed by atoms with van der Waals surface area (Å²) >= 11 is 0. The zero-order valence-electron chi connectivity index (χ0n) is 11.8. The minimum absolute atomic E-state index is 0.0439. The van der Waals surface area contributed by atoms with Crippen molar-refractivity contribution in [3.63, 3.8) is 0 Å². The highest BCUT2D eigenvalue weighted by Gasteiger charge is 2.26. The van der Waals surface area contributed by atoms with Crippen LogP contribution in [0.15, 0.2) is 18.2 Å². The summed E-state index contributed by atoms with van der Waals surface area (Å²) in [4.78, 5) is 26.3. The summed E-state index contributed by atoms with van der Waals surface area (Å²) in [5, 5.41) is 9.32. The first kappa shape index (κ1) is 14.3. The highest BCUT2D eigenvalue weighted by atomic mass is 16.5. The van der Waals surface area contributed by atoms with Gasteiger partial charge >= 0.3 is 5.97 Å². The van der Waals surface area contributed by atoms with Crippen LogP contribution < -0.4 is 9.64 Å². The molecule has 0 aliphatic carbocycles. The molecule has 0 saturated heterocycles. The monoisotopic (exact) mass is 278 g/mol. The Kier molecular flexibility index (Phi) is 3.94. The first-order chi connectivity index (χ1) is 9.41. The van der Waals surface area contributed by atoms with Gasteiger partial charge in [0.25, 0.3) is 0 Å². The van der Waals surface area contributed by atoms with Crippen LogP contribution in [0.1, 0.15) is 18.0 Å². The van der Waals surface area contributed by atoms with Gasteiger partial charge in [-0.25, -0.2) is 0 Å². The van der Waals surface area contributed by atoms with E-state index >= 15 is 0 Å². The Bertz CT molecular complexity index is 542. The predicted molar refractivity (Wildman–Crippen MR) is 74.0 cm³/mol. The van der Waals surface area contributed by atoms with Crippen molar-refractivity contribution in [2.75, 3.05) is 32.6 Å². The number of nitrogens with zero attached hydrogens (tertiary/aromatic N) is 2. The standard InChI is InChI=1S/C14H18N2O4/c1-15(2)13(14(18)19)9-4-5-11-10(8-9)16(3)12(17)6-7-20-11/h4-5,8,13H,6-7H2,1-3H3,(H,18,19). The largest absolute Gasteiger partial charge is 0.491 e. The van der Waals surface area contributed by atoms with Crippen molar-refractivity contribution in [2.24, 2.45) is 0 Å². The second-order valence-corrected chi connectivity index (χ2v) is 4.98. The molecule has 2 rings (SSSR count). The predicted octanol–water partition coefficient (Wildman–Crippen LogP) is 1.12. The van der Waals surface area contributed by atoms with Crippen molar-refractivity contribution >= 4 is 17.6 Å². The molecule has 1 unspecified atom stereocenters. The molecule has 6 heteroatoms. The number of hydrogen-bond acceptors (Lipinski definition) is 4. The number of hydrogen-bond donors (Lipinski definition) is 1. The van der Waals surface area contributed by atoms with Gasteiger partial charge in [0, 0.05) is 7.05 Å². The maximum atomic E-state index is 11.8. The van der Waals surface area contributed by atoms with E-state index in [1.54, 1.807) is 44.2 Å². The Balaban J connectivity index is 2.47. The van der Waals surface area contributed by atoms with Crippen LogP contribution in [0.3, 0.4) is 0 Å². The van der Waals surface area contributed by atoms with Gasteiger partial charge in [-0.05, 0) is 31.8 Å². The number of rotatable bonds is 3. The van der Waals surface area contributed by atoms with Gasteiger partial charge in [0.1, 0.15) is 11.8 Å². The number of aliphatic carboxylic acids is 1. The molecule has 0 radical (unpaired) electrons. The summed E-state index contributed by atoms with van der Waals surface area (Å²) in [6, 6.07) is 4.39. The van der Waals surface area contributed by atoms with Crippen molar-refractivity contribution in [1.82, 2.24) is 4.90 Å². The van der Waals surface area contributed by atoms with Crippen molar-refractivity contribution in [3.05, 3.63) is 23.8 Å². The van der Waals surface area contributed by atoms with Crippen LogP contribution in [-0.4, -0.2) is 49.6 Å². The summed E-state index contributed by atoms with van der Waals surface area (Å²) in [7, 11) is 5.08. The van der Waals surface area contributed by atoms with E-state index in [-0.39, 0.29) is 5.91 Å². The minimum atomic E-state index is -0.932. The number of carboxylic acid groups (broad SMARTS) is 1. The van der Waals surface area contributed by atoms with Crippen LogP contribution in [0, 0.1) is 0 Å². The van der Waals surface area contributed by atoms with Gasteiger partial charge < -0.3 is 14.7 Å². The van der Waals surface area contributed by atoms with Crippen LogP contribution >= 0.6 is 0 Å². The van der Waals surface area contributed by atoms with E-state index in [1.165, 1.54) is 4.90 Å². The number of ether oxygens (including phenoxy) is 1. The SMILES string of the molecule is CN1C(=O)CCOc2ccc(C(C(=O)O)N(C)C)cc21. The molecule has 1 amide bonds. The first-order valence-electron chi connectivity index (χ1n) is 6.34. The van der Waals surface area contributed by atoms with Gasteiger partial charge in [0.15, 0.2) is 0 Å². The number of likely N-dealkylation sites (N-methyl/N-ethyl adjacent to an activating group) is 1. The third-order valence-corrected chi connectivity index (χ3v) is 3.36. The number of anilines is 1. The topological polar surface area (TPSA) is 70.1 Å². The molecule has 0 spiro atoms. The van der Waals surface area contributed by atoms with E-state index in [9.17, 15) is 14.7 Å². The molecule has 20 heavy (non-hydrogen) atoms. The van der Waals surface area contributed by atoms with E-state index in [1.807, 2.05) is 0 Å². The average Bonchev–Trinajstić information content (AvgIpc) is 2.50. The van der Waals surface area contributed by atoms with E-state index in [4.69, 9.17) is 4.74 Å². The van der Waals surface area contributed by atoms with Gasteiger partial charge in [-0.1, -0.05) is 6.07 Å². The number of benzene rings is 1. The van der Waals surface area contributed by atoms with Gasteiger partial charge in [0.2, 0.25) is 5.91 Å². The molecule has 1 N–H and O–H groups in total. The molecule has 1 aromatic carbocycles. The lowest BCUT2D eigenvalue weighted by Crippen LogP contribution is -2.28. The van der Waals surface area contributed by atoms with Crippen LogP contribution in [0.5, 0.6) is 5.75 Å². The Hall–Kier alpha value is -2.08. The minimum Gasteiger partial charge on any atom is -0.491 e. The third kappa shape index (κ3) is 2.60. The lowest BCUT2D eigenvalue weighted by molar-refractivity contribution is -0.142. The molecule has 6 nitrogen and oxygen atoms in total. The summed E-state index contributed by atoms with van der Waals surface area (Å²) < 4.78 is 5.52. The molecule has 1 aliphatic heterocycles. The van der Waals surface area contributed by atoms with E-state index in [0.717, 1.165) is 0 Å². The van der Waals surface area contributed by atoms with Crippen LogP contribution in [-0.2, 0) is 9.59 Å². The van der Waals surface area contributed by atoms with E-state index in [0.29, 0.717) is 30.0 Å². The highest BCUT2D eigenvalue weighted by Crippen LogP contribution is 2.34. The van der Waals surface area contributed by atoms with Gasteiger partial charge in [0.05, 0.1) is 18.7 Å². The fourth-order valence-electron chi connectivity index (χ4n) is 2.30. The number of carbonyl (C=O) groups excluding carboxylic acids is 1. The van der Waals surface area contributed by atoms with Crippen LogP contribution in [0.4, 0.5) is 5.69 Å². The Morgan fingerprint density at radius 1 is 1.45 bits per heavy atom. The smallest absolute Gasteiger partial charge is 0.325 e. The molecule has 0 bridgehead atoms. The van der Waals surface area contributed by atoms with Gasteiger partial charge in [-0.15, -0.1) is 0 Å². The Morgan fingerprint density at radius 2 is 2.15 bits per heavy atom. The first-order valence-corrected chi connectivity index (χ1v) is 6.34. The molecule has 108 valence electrons. The van der Waals surface area contributed by atoms with Gasteiger partial charge in [-0.2, -0.15) is 0 Å². The summed E-state index contributed by atoms with van der Waals surface area (Å²) in [6.45, 7) is 0.339. The van der Waals surface area contributed by atoms with E-state index in [2.05, 4.69) is 0 Å². The number of carboxylic acids is 1. The van der Waals surface area contributed by atoms with Crippen LogP contribution in [0.25, 0.3) is 0 Å². The molecule has 1 heterocycles. The number of amides is 1. The van der Waals surface area contributed by atoms with Crippen molar-refractivity contribution in [1.29, 1.82) is 0 Å². The Labute approximate surface area is 117 Å². The fourth-order valence-corrected chi connectivity index (χ4v) is 2.30. The average molecular weight is 278 g/mol. The second kappa shape index (κ2) is 5.50. The fraction of sp³-hybridized carbons (Fsp3) is 0.429. The zero-order valence-corrected chi connectivity index (χ0v) is 11.8. The van der Waals surface area contributed by atoms with Crippen molar-refractivity contribution < 1.29 is 19.4 Å². The van der Waals surface area contributed by atoms with Gasteiger partial charge in [-0.3, -0.25) is 14.5 Å². The Morgan fingerprint density at radius 3 is 2.75 bits per heavy atom. The maximum Gasteiger partial charge on any atom is 0.325 e. The maximum absolute atomic E-state index is 11.8. The lowest BCUT2D eigenvalue weighted by Gasteiger charge is -2.23. The van der Waals surface area contributed by atoms with Crippen LogP contribution in [0.2, 0.25) is 0 Å². The second-order valence-electron chi connectivity index (χ2n) is 4.98. The number of carbonyl (C=O) groups is 2.